The van der Waals surface area contributed by atoms with Crippen LogP contribution in [-0.4, -0.2) is 18.9 Å². The van der Waals surface area contributed by atoms with Gasteiger partial charge in [0.15, 0.2) is 0 Å². The minimum atomic E-state index is -0.498. The highest BCUT2D eigenvalue weighted by molar-refractivity contribution is 5.60. The molecule has 0 aromatic heterocycles. The maximum absolute atomic E-state index is 11.7. The zero-order valence-electron chi connectivity index (χ0n) is 12.5. The molecule has 0 amide bonds. The first kappa shape index (κ1) is 15.3. The van der Waals surface area contributed by atoms with Crippen LogP contribution in [0.2, 0.25) is 0 Å². The minimum Gasteiger partial charge on any atom is -0.434 e. The molecule has 1 saturated carbocycles. The number of hydrogen-bond acceptors (Lipinski definition) is 3. The van der Waals surface area contributed by atoms with Gasteiger partial charge in [-0.15, -0.1) is 0 Å². The molecule has 0 N–H and O–H groups in total. The highest BCUT2D eigenvalue weighted by atomic mass is 16.7. The molecule has 0 bridgehead atoms. The predicted molar refractivity (Wildman–Crippen MR) is 72.5 cm³/mol. The van der Waals surface area contributed by atoms with Crippen LogP contribution in [0.5, 0.6) is 0 Å². The second kappa shape index (κ2) is 6.44. The Balaban J connectivity index is 2.57. The van der Waals surface area contributed by atoms with Gasteiger partial charge in [-0.3, -0.25) is 0 Å². The van der Waals surface area contributed by atoms with E-state index in [9.17, 15) is 4.79 Å². The molecule has 2 atom stereocenters. The molecule has 1 fully saturated rings. The van der Waals surface area contributed by atoms with Gasteiger partial charge in [-0.25, -0.2) is 4.79 Å². The highest BCUT2D eigenvalue weighted by Gasteiger charge is 2.41. The molecule has 1 aliphatic rings. The number of carbonyl (C=O) groups is 1. The first-order chi connectivity index (χ1) is 8.36. The van der Waals surface area contributed by atoms with Crippen molar-refractivity contribution < 1.29 is 14.3 Å². The third-order valence-electron chi connectivity index (χ3n) is 3.88. The monoisotopic (exact) mass is 256 g/mol. The van der Waals surface area contributed by atoms with Gasteiger partial charge in [0.2, 0.25) is 0 Å². The van der Waals surface area contributed by atoms with Crippen LogP contribution in [-0.2, 0) is 9.47 Å². The van der Waals surface area contributed by atoms with Crippen LogP contribution in [0.3, 0.4) is 0 Å². The molecule has 106 valence electrons. The van der Waals surface area contributed by atoms with Crippen molar-refractivity contribution in [1.29, 1.82) is 0 Å². The summed E-state index contributed by atoms with van der Waals surface area (Å²) in [6, 6.07) is 0. The van der Waals surface area contributed by atoms with Gasteiger partial charge in [-0.1, -0.05) is 41.0 Å². The summed E-state index contributed by atoms with van der Waals surface area (Å²) in [6.45, 7) is 11.0. The molecule has 18 heavy (non-hydrogen) atoms. The van der Waals surface area contributed by atoms with E-state index in [2.05, 4.69) is 20.8 Å². The summed E-state index contributed by atoms with van der Waals surface area (Å²) in [4.78, 5) is 11.7. The fraction of sp³-hybridized carbons (Fsp3) is 0.933. The Hall–Kier alpha value is -0.730. The van der Waals surface area contributed by atoms with E-state index in [0.717, 1.165) is 19.3 Å². The summed E-state index contributed by atoms with van der Waals surface area (Å²) in [5, 5.41) is 0. The second-order valence-corrected chi connectivity index (χ2v) is 6.54. The Morgan fingerprint density at radius 1 is 1.39 bits per heavy atom. The van der Waals surface area contributed by atoms with E-state index in [0.29, 0.717) is 18.4 Å². The molecule has 0 radical (unpaired) electrons. The van der Waals surface area contributed by atoms with Crippen molar-refractivity contribution in [3.05, 3.63) is 0 Å². The quantitative estimate of drug-likeness (QED) is 0.699. The van der Waals surface area contributed by atoms with Crippen LogP contribution in [0.25, 0.3) is 0 Å². The Kier molecular flexibility index (Phi) is 5.48. The van der Waals surface area contributed by atoms with Crippen LogP contribution in [0.1, 0.15) is 60.3 Å². The summed E-state index contributed by atoms with van der Waals surface area (Å²) >= 11 is 0. The largest absolute Gasteiger partial charge is 0.508 e. The molecule has 3 nitrogen and oxygen atoms in total. The van der Waals surface area contributed by atoms with Crippen molar-refractivity contribution >= 4 is 6.16 Å². The molecule has 0 unspecified atom stereocenters. The Labute approximate surface area is 111 Å². The molecule has 0 saturated heterocycles. The lowest BCUT2D eigenvalue weighted by Crippen LogP contribution is -2.43. The maximum Gasteiger partial charge on any atom is 0.508 e. The number of rotatable bonds is 4. The van der Waals surface area contributed by atoms with Crippen molar-refractivity contribution in [3.8, 4) is 0 Å². The minimum absolute atomic E-state index is 0.00378. The lowest BCUT2D eigenvalue weighted by molar-refractivity contribution is -0.0733. The van der Waals surface area contributed by atoms with Crippen LogP contribution in [0.4, 0.5) is 4.79 Å². The molecule has 0 spiro atoms. The molecule has 3 heteroatoms. The zero-order chi connectivity index (χ0) is 13.8. The van der Waals surface area contributed by atoms with E-state index in [1.54, 1.807) is 0 Å². The van der Waals surface area contributed by atoms with E-state index in [1.165, 1.54) is 6.42 Å². The van der Waals surface area contributed by atoms with E-state index in [4.69, 9.17) is 9.47 Å². The summed E-state index contributed by atoms with van der Waals surface area (Å²) in [6.07, 6.45) is 4.06. The van der Waals surface area contributed by atoms with Crippen molar-refractivity contribution in [1.82, 2.24) is 0 Å². The van der Waals surface area contributed by atoms with Gasteiger partial charge in [0, 0.05) is 5.41 Å². The van der Waals surface area contributed by atoms with Crippen LogP contribution in [0, 0.1) is 17.3 Å². The lowest BCUT2D eigenvalue weighted by Gasteiger charge is -2.42. The van der Waals surface area contributed by atoms with Crippen molar-refractivity contribution in [2.45, 2.75) is 66.4 Å². The molecule has 1 aliphatic carbocycles. The van der Waals surface area contributed by atoms with E-state index >= 15 is 0 Å². The highest BCUT2D eigenvalue weighted by Crippen LogP contribution is 2.42. The smallest absolute Gasteiger partial charge is 0.434 e. The van der Waals surface area contributed by atoms with Crippen molar-refractivity contribution in [2.24, 2.45) is 17.3 Å². The topological polar surface area (TPSA) is 35.5 Å². The van der Waals surface area contributed by atoms with Gasteiger partial charge in [0.1, 0.15) is 6.10 Å². The van der Waals surface area contributed by atoms with Crippen LogP contribution >= 0.6 is 0 Å². The third kappa shape index (κ3) is 4.18. The van der Waals surface area contributed by atoms with Crippen LogP contribution < -0.4 is 0 Å². The fourth-order valence-electron chi connectivity index (χ4n) is 2.80. The van der Waals surface area contributed by atoms with Gasteiger partial charge < -0.3 is 9.47 Å². The lowest BCUT2D eigenvalue weighted by atomic mass is 9.69. The zero-order valence-corrected chi connectivity index (χ0v) is 12.5. The van der Waals surface area contributed by atoms with Crippen molar-refractivity contribution in [3.63, 3.8) is 0 Å². The average molecular weight is 256 g/mol. The van der Waals surface area contributed by atoms with Gasteiger partial charge in [0.25, 0.3) is 0 Å². The predicted octanol–water partition coefficient (Wildman–Crippen LogP) is 4.40. The average Bonchev–Trinajstić information content (AvgIpc) is 2.28. The van der Waals surface area contributed by atoms with Gasteiger partial charge in [0.05, 0.1) is 6.61 Å². The van der Waals surface area contributed by atoms with Crippen molar-refractivity contribution in [2.75, 3.05) is 6.61 Å². The van der Waals surface area contributed by atoms with Gasteiger partial charge in [-0.05, 0) is 31.1 Å². The summed E-state index contributed by atoms with van der Waals surface area (Å²) in [5.41, 5.74) is 0.0653. The molecule has 0 heterocycles. The third-order valence-corrected chi connectivity index (χ3v) is 3.88. The molecule has 0 aromatic carbocycles. The van der Waals surface area contributed by atoms with E-state index < -0.39 is 6.16 Å². The molecular formula is C15H28O3. The Morgan fingerprint density at radius 3 is 2.61 bits per heavy atom. The number of hydrogen-bond donors (Lipinski definition) is 0. The Bertz CT molecular complexity index is 271. The normalized spacial score (nSPS) is 27.0. The fourth-order valence-corrected chi connectivity index (χ4v) is 2.80. The first-order valence-electron chi connectivity index (χ1n) is 7.20. The number of carbonyl (C=O) groups excluding carboxylic acids is 1. The van der Waals surface area contributed by atoms with Crippen LogP contribution in [0.15, 0.2) is 0 Å². The first-order valence-corrected chi connectivity index (χ1v) is 7.20. The maximum atomic E-state index is 11.7. The SMILES string of the molecule is CC[C@H]1CCCC(C)(C)[C@H]1OC(=O)OCC(C)C. The Morgan fingerprint density at radius 2 is 2.06 bits per heavy atom. The molecule has 0 aromatic rings. The summed E-state index contributed by atoms with van der Waals surface area (Å²) < 4.78 is 10.7. The standard InChI is InChI=1S/C15H28O3/c1-6-12-8-7-9-15(4,5)13(12)18-14(16)17-10-11(2)3/h11-13H,6-10H2,1-5H3/t12-,13-/m0/s1. The second-order valence-electron chi connectivity index (χ2n) is 6.54. The van der Waals surface area contributed by atoms with E-state index in [1.807, 2.05) is 13.8 Å². The summed E-state index contributed by atoms with van der Waals surface area (Å²) in [7, 11) is 0. The van der Waals surface area contributed by atoms with Gasteiger partial charge >= 0.3 is 6.16 Å². The molecular weight excluding hydrogens is 228 g/mol. The number of ether oxygens (including phenoxy) is 2. The molecule has 0 aliphatic heterocycles. The molecule has 1 rings (SSSR count). The van der Waals surface area contributed by atoms with Gasteiger partial charge in [-0.2, -0.15) is 0 Å². The summed E-state index contributed by atoms with van der Waals surface area (Å²) in [5.74, 6) is 0.819. The van der Waals surface area contributed by atoms with E-state index in [-0.39, 0.29) is 11.5 Å².